The van der Waals surface area contributed by atoms with E-state index in [1.165, 1.54) is 60.7 Å². The van der Waals surface area contributed by atoms with Gasteiger partial charge in [0.25, 0.3) is 0 Å². The molecule has 0 heterocycles. The number of hydrogen-bond donors (Lipinski definition) is 3. The van der Waals surface area contributed by atoms with E-state index in [2.05, 4.69) is 4.74 Å². The van der Waals surface area contributed by atoms with Gasteiger partial charge in [0.05, 0.1) is 0 Å². The predicted molar refractivity (Wildman–Crippen MR) is 122 cm³/mol. The minimum absolute atomic E-state index is 0.0337. The van der Waals surface area contributed by atoms with Crippen molar-refractivity contribution in [3.05, 3.63) is 101 Å². The highest BCUT2D eigenvalue weighted by atomic mass is 32.2. The Labute approximate surface area is 196 Å². The number of rotatable bonds is 9. The summed E-state index contributed by atoms with van der Waals surface area (Å²) in [4.78, 5) is 0. The maximum atomic E-state index is 13.5. The van der Waals surface area contributed by atoms with Crippen molar-refractivity contribution < 1.29 is 31.4 Å². The topological polar surface area (TPSA) is 116 Å². The van der Waals surface area contributed by atoms with Crippen LogP contribution in [0.3, 0.4) is 0 Å². The maximum absolute atomic E-state index is 13.5. The Balaban J connectivity index is 2.31. The van der Waals surface area contributed by atoms with Gasteiger partial charge in [-0.15, -0.1) is 0 Å². The van der Waals surface area contributed by atoms with Gasteiger partial charge in [-0.05, 0) is 54.3 Å². The smallest absolute Gasteiger partial charge is 0.387 e. The summed E-state index contributed by atoms with van der Waals surface area (Å²) in [6.45, 7) is -1.91. The molecule has 3 aromatic rings. The van der Waals surface area contributed by atoms with Gasteiger partial charge in [-0.3, -0.25) is 0 Å². The van der Waals surface area contributed by atoms with E-state index in [0.29, 0.717) is 11.1 Å². The molecule has 6 nitrogen and oxygen atoms in total. The molecular weight excluding hydrogens is 469 g/mol. The van der Waals surface area contributed by atoms with E-state index < -0.39 is 38.8 Å². The van der Waals surface area contributed by atoms with Crippen molar-refractivity contribution in [3.8, 4) is 5.75 Å². The summed E-state index contributed by atoms with van der Waals surface area (Å²) < 4.78 is 67.5. The summed E-state index contributed by atoms with van der Waals surface area (Å²) in [7, 11) is -4.64. The fourth-order valence-corrected chi connectivity index (χ4v) is 6.07. The number of hydrogen-bond acceptors (Lipinski definition) is 5. The summed E-state index contributed by atoms with van der Waals surface area (Å²) in [6.07, 6.45) is -0.0337. The second-order valence-corrected chi connectivity index (χ2v) is 9.86. The molecule has 3 rings (SSSR count). The number of aliphatic hydroxyl groups is 1. The van der Waals surface area contributed by atoms with Crippen molar-refractivity contribution in [1.29, 1.82) is 0 Å². The molecular formula is C24H25F3N2O4S. The summed E-state index contributed by atoms with van der Waals surface area (Å²) in [6, 6.07) is 18.5. The number of benzene rings is 3. The first-order chi connectivity index (χ1) is 15.9. The SMILES string of the molecule is CC(N)(O)C(c1ccccc1)(C(Cc1ccc(F)cc1)c1ccc(OC(F)F)cc1)S(N)(=O)=O. The van der Waals surface area contributed by atoms with E-state index >= 15 is 0 Å². The van der Waals surface area contributed by atoms with Crippen LogP contribution in [-0.4, -0.2) is 25.9 Å². The average molecular weight is 495 g/mol. The highest BCUT2D eigenvalue weighted by Gasteiger charge is 2.60. The molecule has 10 heteroatoms. The average Bonchev–Trinajstić information content (AvgIpc) is 2.74. The molecule has 0 saturated heterocycles. The van der Waals surface area contributed by atoms with E-state index in [-0.39, 0.29) is 17.7 Å². The second kappa shape index (κ2) is 9.75. The number of halogens is 3. The van der Waals surface area contributed by atoms with Gasteiger partial charge in [0.1, 0.15) is 17.3 Å². The molecule has 0 radical (unpaired) electrons. The van der Waals surface area contributed by atoms with Crippen molar-refractivity contribution in [2.24, 2.45) is 10.9 Å². The van der Waals surface area contributed by atoms with Crippen LogP contribution >= 0.6 is 0 Å². The van der Waals surface area contributed by atoms with Crippen molar-refractivity contribution in [2.75, 3.05) is 0 Å². The zero-order valence-corrected chi connectivity index (χ0v) is 19.1. The minimum atomic E-state index is -4.64. The van der Waals surface area contributed by atoms with Gasteiger partial charge in [0.2, 0.25) is 10.0 Å². The van der Waals surface area contributed by atoms with Crippen molar-refractivity contribution in [1.82, 2.24) is 0 Å². The van der Waals surface area contributed by atoms with Gasteiger partial charge in [-0.2, -0.15) is 8.78 Å². The highest BCUT2D eigenvalue weighted by molar-refractivity contribution is 7.90. The Bertz CT molecular complexity index is 1200. The predicted octanol–water partition coefficient (Wildman–Crippen LogP) is 3.60. The van der Waals surface area contributed by atoms with Crippen LogP contribution in [0.2, 0.25) is 0 Å². The fraction of sp³-hybridized carbons (Fsp3) is 0.250. The molecule has 0 spiro atoms. The van der Waals surface area contributed by atoms with Gasteiger partial charge in [-0.1, -0.05) is 54.6 Å². The first-order valence-corrected chi connectivity index (χ1v) is 11.8. The van der Waals surface area contributed by atoms with Gasteiger partial charge >= 0.3 is 6.61 Å². The molecule has 0 bridgehead atoms. The molecule has 0 aliphatic rings. The van der Waals surface area contributed by atoms with Crippen LogP contribution in [0.15, 0.2) is 78.9 Å². The third kappa shape index (κ3) is 5.10. The van der Waals surface area contributed by atoms with Crippen molar-refractivity contribution >= 4 is 10.0 Å². The minimum Gasteiger partial charge on any atom is -0.435 e. The Morgan fingerprint density at radius 3 is 2.00 bits per heavy atom. The molecule has 0 saturated carbocycles. The Morgan fingerprint density at radius 2 is 1.53 bits per heavy atom. The lowest BCUT2D eigenvalue weighted by Crippen LogP contribution is -2.65. The maximum Gasteiger partial charge on any atom is 0.387 e. The van der Waals surface area contributed by atoms with Crippen molar-refractivity contribution in [3.63, 3.8) is 0 Å². The van der Waals surface area contributed by atoms with Crippen LogP contribution in [0.4, 0.5) is 13.2 Å². The molecule has 0 aliphatic carbocycles. The second-order valence-electron chi connectivity index (χ2n) is 8.12. The molecule has 3 aromatic carbocycles. The number of ether oxygens (including phenoxy) is 1. The van der Waals surface area contributed by atoms with E-state index in [1.54, 1.807) is 18.2 Å². The Hall–Kier alpha value is -2.92. The molecule has 5 N–H and O–H groups in total. The normalized spacial score (nSPS) is 16.5. The third-order valence-corrected chi connectivity index (χ3v) is 7.59. The molecule has 3 unspecified atom stereocenters. The van der Waals surface area contributed by atoms with Gasteiger partial charge in [0, 0.05) is 5.92 Å². The van der Waals surface area contributed by atoms with Gasteiger partial charge < -0.3 is 15.6 Å². The summed E-state index contributed by atoms with van der Waals surface area (Å²) in [5.74, 6) is -1.74. The van der Waals surface area contributed by atoms with E-state index in [9.17, 15) is 26.7 Å². The Kier molecular flexibility index (Phi) is 7.37. The summed E-state index contributed by atoms with van der Waals surface area (Å²) in [5.41, 5.74) is 4.75. The van der Waals surface area contributed by atoms with Crippen LogP contribution in [0, 0.1) is 5.82 Å². The third-order valence-electron chi connectivity index (χ3n) is 5.75. The molecule has 34 heavy (non-hydrogen) atoms. The zero-order chi connectivity index (χ0) is 25.1. The lowest BCUT2D eigenvalue weighted by molar-refractivity contribution is -0.0498. The molecule has 0 aliphatic heterocycles. The van der Waals surface area contributed by atoms with E-state index in [4.69, 9.17) is 10.9 Å². The molecule has 182 valence electrons. The molecule has 0 aromatic heterocycles. The molecule has 0 amide bonds. The first kappa shape index (κ1) is 25.7. The lowest BCUT2D eigenvalue weighted by atomic mass is 9.72. The summed E-state index contributed by atoms with van der Waals surface area (Å²) >= 11 is 0. The number of primary sulfonamides is 1. The van der Waals surface area contributed by atoms with Crippen LogP contribution in [-0.2, 0) is 21.2 Å². The number of alkyl halides is 2. The number of nitrogens with two attached hydrogens (primary N) is 2. The van der Waals surface area contributed by atoms with Crippen LogP contribution in [0.5, 0.6) is 5.75 Å². The molecule has 0 fully saturated rings. The first-order valence-electron chi connectivity index (χ1n) is 10.2. The Morgan fingerprint density at radius 1 is 0.971 bits per heavy atom. The monoisotopic (exact) mass is 494 g/mol. The fourth-order valence-electron chi connectivity index (χ4n) is 4.42. The lowest BCUT2D eigenvalue weighted by Gasteiger charge is -2.47. The van der Waals surface area contributed by atoms with Crippen LogP contribution < -0.4 is 15.6 Å². The number of sulfonamides is 1. The zero-order valence-electron chi connectivity index (χ0n) is 18.2. The standard InChI is InChI=1S/C24H25F3N2O4S/c1-23(28,30)24(34(29,31)32,18-5-3-2-4-6-18)21(15-16-7-11-19(25)12-8-16)17-9-13-20(14-10-17)33-22(26)27/h2-14,21-22,30H,15,28H2,1H3,(H2,29,31,32). The summed E-state index contributed by atoms with van der Waals surface area (Å²) in [5, 5.41) is 17.0. The van der Waals surface area contributed by atoms with Crippen molar-refractivity contribution in [2.45, 2.75) is 36.3 Å². The molecule has 3 atom stereocenters. The highest BCUT2D eigenvalue weighted by Crippen LogP contribution is 2.50. The quantitative estimate of drug-likeness (QED) is 0.393. The van der Waals surface area contributed by atoms with Crippen LogP contribution in [0.1, 0.15) is 29.5 Å². The van der Waals surface area contributed by atoms with Gasteiger partial charge in [-0.25, -0.2) is 17.9 Å². The van der Waals surface area contributed by atoms with Crippen LogP contribution in [0.25, 0.3) is 0 Å². The van der Waals surface area contributed by atoms with Gasteiger partial charge in [0.15, 0.2) is 4.75 Å². The van der Waals surface area contributed by atoms with E-state index in [0.717, 1.165) is 6.92 Å². The van der Waals surface area contributed by atoms with E-state index in [1.807, 2.05) is 0 Å². The largest absolute Gasteiger partial charge is 0.435 e.